The second kappa shape index (κ2) is 6.52. The molecule has 4 aromatic rings. The molecule has 0 saturated heterocycles. The third-order valence-corrected chi connectivity index (χ3v) is 4.86. The van der Waals surface area contributed by atoms with Gasteiger partial charge in [0, 0.05) is 19.2 Å². The predicted octanol–water partition coefficient (Wildman–Crippen LogP) is 3.49. The molecular weight excluding hydrogens is 336 g/mol. The number of imidazole rings is 1. The smallest absolute Gasteiger partial charge is 0.273 e. The zero-order valence-electron chi connectivity index (χ0n) is 13.6. The highest BCUT2D eigenvalue weighted by Gasteiger charge is 2.14. The zero-order valence-corrected chi connectivity index (χ0v) is 14.4. The van der Waals surface area contributed by atoms with Crippen LogP contribution in [0.1, 0.15) is 16.3 Å². The van der Waals surface area contributed by atoms with Crippen molar-refractivity contribution in [2.45, 2.75) is 13.5 Å². The van der Waals surface area contributed by atoms with Gasteiger partial charge in [-0.3, -0.25) is 4.79 Å². The van der Waals surface area contributed by atoms with Gasteiger partial charge in [-0.1, -0.05) is 23.4 Å². The van der Waals surface area contributed by atoms with Crippen molar-refractivity contribution in [2.24, 2.45) is 0 Å². The first-order valence-electron chi connectivity index (χ1n) is 7.93. The van der Waals surface area contributed by atoms with Crippen LogP contribution >= 0.6 is 11.3 Å². The molecule has 6 nitrogen and oxygen atoms in total. The van der Waals surface area contributed by atoms with Crippen molar-refractivity contribution in [3.63, 3.8) is 0 Å². The van der Waals surface area contributed by atoms with E-state index in [2.05, 4.69) is 20.0 Å². The molecule has 0 aliphatic carbocycles. The van der Waals surface area contributed by atoms with Gasteiger partial charge in [0.15, 0.2) is 11.5 Å². The van der Waals surface area contributed by atoms with Crippen molar-refractivity contribution in [1.29, 1.82) is 0 Å². The Morgan fingerprint density at radius 1 is 1.28 bits per heavy atom. The summed E-state index contributed by atoms with van der Waals surface area (Å²) in [5.74, 6) is 1.29. The number of carbonyl (C=O) groups excluding carboxylic acids is 1. The van der Waals surface area contributed by atoms with Gasteiger partial charge in [0.1, 0.15) is 5.82 Å². The average molecular weight is 352 g/mol. The fourth-order valence-electron chi connectivity index (χ4n) is 2.77. The number of hydrogen-bond acceptors (Lipinski definition) is 5. The molecule has 3 heterocycles. The Bertz CT molecular complexity index is 1020. The maximum atomic E-state index is 12.2. The molecule has 0 fully saturated rings. The molecular formula is C18H16N4O2S. The Kier molecular flexibility index (Phi) is 4.07. The first-order chi connectivity index (χ1) is 12.2. The maximum absolute atomic E-state index is 12.2. The third-order valence-electron chi connectivity index (χ3n) is 3.97. The summed E-state index contributed by atoms with van der Waals surface area (Å²) < 4.78 is 7.34. The number of nitrogens with zero attached hydrogens (tertiary/aromatic N) is 3. The fourth-order valence-corrected chi connectivity index (χ4v) is 3.44. The molecule has 0 saturated carbocycles. The lowest BCUT2D eigenvalue weighted by Crippen LogP contribution is -2.27. The molecule has 1 N–H and O–H groups in total. The Morgan fingerprint density at radius 3 is 3.00 bits per heavy atom. The molecule has 7 heteroatoms. The van der Waals surface area contributed by atoms with E-state index >= 15 is 0 Å². The van der Waals surface area contributed by atoms with Crippen molar-refractivity contribution in [1.82, 2.24) is 20.0 Å². The van der Waals surface area contributed by atoms with E-state index in [0.29, 0.717) is 18.8 Å². The molecule has 0 aliphatic heterocycles. The normalized spacial score (nSPS) is 11.1. The molecule has 3 aromatic heterocycles. The van der Waals surface area contributed by atoms with Crippen molar-refractivity contribution < 1.29 is 9.32 Å². The van der Waals surface area contributed by atoms with Crippen molar-refractivity contribution in [3.05, 3.63) is 59.4 Å². The van der Waals surface area contributed by atoms with E-state index in [1.165, 1.54) is 0 Å². The van der Waals surface area contributed by atoms with Gasteiger partial charge in [0.05, 0.1) is 15.9 Å². The van der Waals surface area contributed by atoms with Crippen molar-refractivity contribution >= 4 is 28.3 Å². The topological polar surface area (TPSA) is 73.0 Å². The van der Waals surface area contributed by atoms with Gasteiger partial charge in [-0.2, -0.15) is 0 Å². The van der Waals surface area contributed by atoms with Gasteiger partial charge in [0.2, 0.25) is 0 Å². The van der Waals surface area contributed by atoms with E-state index in [1.807, 2.05) is 48.7 Å². The van der Waals surface area contributed by atoms with Gasteiger partial charge in [-0.25, -0.2) is 4.98 Å². The van der Waals surface area contributed by atoms with E-state index in [-0.39, 0.29) is 11.6 Å². The summed E-state index contributed by atoms with van der Waals surface area (Å²) in [5.41, 5.74) is 2.31. The standard InChI is InChI=1S/C18H16N4O2S/c1-12-20-13-5-2-3-6-15(13)22(12)9-8-19-18(23)14-11-16(24-21-14)17-7-4-10-25-17/h2-7,10-11H,8-9H2,1H3,(H,19,23). The molecule has 4 rings (SSSR count). The zero-order chi connectivity index (χ0) is 17.2. The van der Waals surface area contributed by atoms with Gasteiger partial charge < -0.3 is 14.4 Å². The van der Waals surface area contributed by atoms with E-state index in [4.69, 9.17) is 4.52 Å². The number of para-hydroxylation sites is 2. The van der Waals surface area contributed by atoms with E-state index in [9.17, 15) is 4.79 Å². The van der Waals surface area contributed by atoms with E-state index in [1.54, 1.807) is 17.4 Å². The second-order valence-corrected chi connectivity index (χ2v) is 6.56. The first-order valence-corrected chi connectivity index (χ1v) is 8.81. The monoisotopic (exact) mass is 352 g/mol. The van der Waals surface area contributed by atoms with Crippen LogP contribution in [0.2, 0.25) is 0 Å². The second-order valence-electron chi connectivity index (χ2n) is 5.61. The Hall–Kier alpha value is -2.93. The summed E-state index contributed by atoms with van der Waals surface area (Å²) >= 11 is 1.54. The third kappa shape index (κ3) is 3.06. The van der Waals surface area contributed by atoms with Crippen molar-refractivity contribution in [2.75, 3.05) is 6.54 Å². The van der Waals surface area contributed by atoms with Crippen LogP contribution in [0, 0.1) is 6.92 Å². The lowest BCUT2D eigenvalue weighted by molar-refractivity contribution is 0.0943. The molecule has 1 aromatic carbocycles. The molecule has 0 spiro atoms. The summed E-state index contributed by atoms with van der Waals surface area (Å²) in [6.07, 6.45) is 0. The van der Waals surface area contributed by atoms with Gasteiger partial charge in [-0.15, -0.1) is 11.3 Å². The lowest BCUT2D eigenvalue weighted by atomic mass is 10.3. The number of thiophene rings is 1. The number of aryl methyl sites for hydroxylation is 1. The number of nitrogens with one attached hydrogen (secondary N) is 1. The minimum absolute atomic E-state index is 0.242. The SMILES string of the molecule is Cc1nc2ccccc2n1CCNC(=O)c1cc(-c2cccs2)on1. The summed E-state index contributed by atoms with van der Waals surface area (Å²) in [4.78, 5) is 17.7. The predicted molar refractivity (Wildman–Crippen MR) is 96.6 cm³/mol. The molecule has 0 atom stereocenters. The highest BCUT2D eigenvalue weighted by Crippen LogP contribution is 2.25. The number of rotatable bonds is 5. The van der Waals surface area contributed by atoms with Crippen LogP contribution in [0.3, 0.4) is 0 Å². The Labute approximate surface area is 148 Å². The summed E-state index contributed by atoms with van der Waals surface area (Å²) in [6.45, 7) is 3.10. The number of fused-ring (bicyclic) bond motifs is 1. The number of amides is 1. The number of benzene rings is 1. The molecule has 25 heavy (non-hydrogen) atoms. The minimum atomic E-state index is -0.242. The Morgan fingerprint density at radius 2 is 2.16 bits per heavy atom. The van der Waals surface area contributed by atoms with Crippen LogP contribution in [0.15, 0.2) is 52.4 Å². The summed E-state index contributed by atoms with van der Waals surface area (Å²) in [7, 11) is 0. The van der Waals surface area contributed by atoms with Crippen LogP contribution < -0.4 is 5.32 Å². The highest BCUT2D eigenvalue weighted by atomic mass is 32.1. The number of carbonyl (C=O) groups is 1. The maximum Gasteiger partial charge on any atom is 0.273 e. The number of aromatic nitrogens is 3. The molecule has 126 valence electrons. The molecule has 1 amide bonds. The minimum Gasteiger partial charge on any atom is -0.355 e. The lowest BCUT2D eigenvalue weighted by Gasteiger charge is -2.07. The first kappa shape index (κ1) is 15.6. The molecule has 0 bridgehead atoms. The van der Waals surface area contributed by atoms with Gasteiger partial charge >= 0.3 is 0 Å². The quantitative estimate of drug-likeness (QED) is 0.597. The Balaban J connectivity index is 1.41. The van der Waals surface area contributed by atoms with Gasteiger partial charge in [-0.05, 0) is 30.5 Å². The summed E-state index contributed by atoms with van der Waals surface area (Å²) in [5, 5.41) is 8.69. The highest BCUT2D eigenvalue weighted by molar-refractivity contribution is 7.13. The van der Waals surface area contributed by atoms with Gasteiger partial charge in [0.25, 0.3) is 5.91 Å². The van der Waals surface area contributed by atoms with Crippen LogP contribution in [0.4, 0.5) is 0 Å². The molecule has 0 unspecified atom stereocenters. The van der Waals surface area contributed by atoms with E-state index < -0.39 is 0 Å². The van der Waals surface area contributed by atoms with Crippen LogP contribution in [-0.2, 0) is 6.54 Å². The number of hydrogen-bond donors (Lipinski definition) is 1. The van der Waals surface area contributed by atoms with Crippen LogP contribution in [0.25, 0.3) is 21.7 Å². The largest absolute Gasteiger partial charge is 0.355 e. The van der Waals surface area contributed by atoms with Crippen LogP contribution in [0.5, 0.6) is 0 Å². The van der Waals surface area contributed by atoms with Crippen LogP contribution in [-0.4, -0.2) is 27.2 Å². The molecule has 0 radical (unpaired) electrons. The fraction of sp³-hybridized carbons (Fsp3) is 0.167. The van der Waals surface area contributed by atoms with E-state index in [0.717, 1.165) is 21.7 Å². The average Bonchev–Trinajstić information content (AvgIpc) is 3.34. The summed E-state index contributed by atoms with van der Waals surface area (Å²) in [6, 6.07) is 13.5. The molecule has 0 aliphatic rings. The van der Waals surface area contributed by atoms with Crippen molar-refractivity contribution in [3.8, 4) is 10.6 Å².